The molecule has 0 radical (unpaired) electrons. The zero-order valence-corrected chi connectivity index (χ0v) is 20.5. The first-order valence-corrected chi connectivity index (χ1v) is 13.0. The lowest BCUT2D eigenvalue weighted by Gasteiger charge is -2.25. The standard InChI is InChI=1S/C27H32N2O3S/c1-20-13-10-17-25(22(20)3)29(33(4,31)32)19-11-18-26(30)28-27(23-14-6-5-7-15-23)24-16-9-8-12-21(24)2/h5-10,12-17,27H,11,18-19H2,1-4H3,(H,28,30). The summed E-state index contributed by atoms with van der Waals surface area (Å²) in [6.07, 6.45) is 1.85. The largest absolute Gasteiger partial charge is 0.345 e. The molecule has 3 aromatic rings. The lowest BCUT2D eigenvalue weighted by atomic mass is 9.95. The lowest BCUT2D eigenvalue weighted by molar-refractivity contribution is -0.121. The third kappa shape index (κ3) is 6.23. The van der Waals surface area contributed by atoms with E-state index < -0.39 is 10.0 Å². The Kier molecular flexibility index (Phi) is 7.92. The van der Waals surface area contributed by atoms with Gasteiger partial charge in [0.2, 0.25) is 15.9 Å². The van der Waals surface area contributed by atoms with Crippen molar-refractivity contribution in [1.29, 1.82) is 0 Å². The van der Waals surface area contributed by atoms with Gasteiger partial charge in [0, 0.05) is 13.0 Å². The van der Waals surface area contributed by atoms with Gasteiger partial charge in [-0.1, -0.05) is 66.7 Å². The molecule has 1 atom stereocenters. The highest BCUT2D eigenvalue weighted by Gasteiger charge is 2.21. The summed E-state index contributed by atoms with van der Waals surface area (Å²) in [4.78, 5) is 12.9. The van der Waals surface area contributed by atoms with Crippen molar-refractivity contribution in [1.82, 2.24) is 5.32 Å². The molecule has 0 fully saturated rings. The summed E-state index contributed by atoms with van der Waals surface area (Å²) >= 11 is 0. The number of benzene rings is 3. The number of sulfonamides is 1. The molecular weight excluding hydrogens is 432 g/mol. The zero-order chi connectivity index (χ0) is 24.0. The highest BCUT2D eigenvalue weighted by atomic mass is 32.2. The van der Waals surface area contributed by atoms with Gasteiger partial charge in [-0.05, 0) is 61.1 Å². The van der Waals surface area contributed by atoms with Gasteiger partial charge in [-0.15, -0.1) is 0 Å². The Morgan fingerprint density at radius 2 is 1.52 bits per heavy atom. The summed E-state index contributed by atoms with van der Waals surface area (Å²) < 4.78 is 26.4. The van der Waals surface area contributed by atoms with E-state index >= 15 is 0 Å². The molecule has 174 valence electrons. The summed E-state index contributed by atoms with van der Waals surface area (Å²) in [5, 5.41) is 3.16. The number of nitrogens with zero attached hydrogens (tertiary/aromatic N) is 1. The molecule has 0 saturated heterocycles. The molecule has 5 nitrogen and oxygen atoms in total. The summed E-state index contributed by atoms with van der Waals surface area (Å²) in [7, 11) is -3.47. The fraction of sp³-hybridized carbons (Fsp3) is 0.296. The van der Waals surface area contributed by atoms with Crippen LogP contribution in [0, 0.1) is 20.8 Å². The van der Waals surface area contributed by atoms with Gasteiger partial charge in [0.25, 0.3) is 0 Å². The molecule has 0 heterocycles. The van der Waals surface area contributed by atoms with Crippen molar-refractivity contribution in [3.63, 3.8) is 0 Å². The van der Waals surface area contributed by atoms with E-state index in [9.17, 15) is 13.2 Å². The van der Waals surface area contributed by atoms with E-state index in [0.717, 1.165) is 27.8 Å². The van der Waals surface area contributed by atoms with Gasteiger partial charge in [0.05, 0.1) is 18.0 Å². The van der Waals surface area contributed by atoms with Crippen molar-refractivity contribution in [2.45, 2.75) is 39.7 Å². The highest BCUT2D eigenvalue weighted by molar-refractivity contribution is 7.92. The minimum atomic E-state index is -3.47. The van der Waals surface area contributed by atoms with Crippen LogP contribution in [0.5, 0.6) is 0 Å². The fourth-order valence-corrected chi connectivity index (χ4v) is 5.00. The first kappa shape index (κ1) is 24.5. The molecule has 0 spiro atoms. The number of nitrogens with one attached hydrogen (secondary N) is 1. The number of hydrogen-bond donors (Lipinski definition) is 1. The number of anilines is 1. The van der Waals surface area contributed by atoms with Gasteiger partial charge in [0.15, 0.2) is 0 Å². The van der Waals surface area contributed by atoms with Crippen LogP contribution >= 0.6 is 0 Å². The molecule has 0 aliphatic heterocycles. The summed E-state index contributed by atoms with van der Waals surface area (Å²) in [5.74, 6) is -0.110. The third-order valence-electron chi connectivity index (χ3n) is 5.95. The maximum atomic E-state index is 12.9. The number of carbonyl (C=O) groups is 1. The Bertz CT molecular complexity index is 1210. The second kappa shape index (κ2) is 10.7. The van der Waals surface area contributed by atoms with E-state index in [-0.39, 0.29) is 24.9 Å². The molecule has 0 aromatic heterocycles. The smallest absolute Gasteiger partial charge is 0.232 e. The second-order valence-electron chi connectivity index (χ2n) is 8.43. The van der Waals surface area contributed by atoms with Crippen LogP contribution in [0.2, 0.25) is 0 Å². The molecule has 3 aromatic carbocycles. The van der Waals surface area contributed by atoms with E-state index in [0.29, 0.717) is 12.1 Å². The van der Waals surface area contributed by atoms with E-state index in [4.69, 9.17) is 0 Å². The molecule has 1 unspecified atom stereocenters. The maximum absolute atomic E-state index is 12.9. The van der Waals surface area contributed by atoms with Crippen molar-refractivity contribution in [3.8, 4) is 0 Å². The quantitative estimate of drug-likeness (QED) is 0.481. The number of hydrogen-bond acceptors (Lipinski definition) is 3. The van der Waals surface area contributed by atoms with E-state index in [1.807, 2.05) is 93.6 Å². The second-order valence-corrected chi connectivity index (χ2v) is 10.3. The molecule has 0 bridgehead atoms. The summed E-state index contributed by atoms with van der Waals surface area (Å²) in [6.45, 7) is 6.16. The van der Waals surface area contributed by atoms with E-state index in [2.05, 4.69) is 5.32 Å². The van der Waals surface area contributed by atoms with Crippen LogP contribution in [-0.4, -0.2) is 27.1 Å². The molecular formula is C27H32N2O3S. The molecule has 0 aliphatic carbocycles. The number of rotatable bonds is 9. The SMILES string of the molecule is Cc1ccccc1C(NC(=O)CCCN(c1cccc(C)c1C)S(C)(=O)=O)c1ccccc1. The lowest BCUT2D eigenvalue weighted by Crippen LogP contribution is -2.33. The van der Waals surface area contributed by atoms with Gasteiger partial charge >= 0.3 is 0 Å². The highest BCUT2D eigenvalue weighted by Crippen LogP contribution is 2.27. The van der Waals surface area contributed by atoms with Crippen molar-refractivity contribution >= 4 is 21.6 Å². The van der Waals surface area contributed by atoms with Crippen molar-refractivity contribution in [2.24, 2.45) is 0 Å². The van der Waals surface area contributed by atoms with Gasteiger partial charge in [-0.2, -0.15) is 0 Å². The van der Waals surface area contributed by atoms with Crippen molar-refractivity contribution in [2.75, 3.05) is 17.1 Å². The van der Waals surface area contributed by atoms with Gasteiger partial charge in [0.1, 0.15) is 0 Å². The van der Waals surface area contributed by atoms with Crippen molar-refractivity contribution in [3.05, 3.63) is 101 Å². The maximum Gasteiger partial charge on any atom is 0.232 e. The van der Waals surface area contributed by atoms with E-state index in [1.54, 1.807) is 0 Å². The van der Waals surface area contributed by atoms with Crippen molar-refractivity contribution < 1.29 is 13.2 Å². The molecule has 1 amide bonds. The van der Waals surface area contributed by atoms with Gasteiger partial charge in [-0.25, -0.2) is 8.42 Å². The topological polar surface area (TPSA) is 66.5 Å². The zero-order valence-electron chi connectivity index (χ0n) is 19.7. The average Bonchev–Trinajstić information content (AvgIpc) is 2.78. The van der Waals surface area contributed by atoms with Crippen LogP contribution in [0.15, 0.2) is 72.8 Å². The predicted octanol–water partition coefficient (Wildman–Crippen LogP) is 5.06. The third-order valence-corrected chi connectivity index (χ3v) is 7.13. The van der Waals surface area contributed by atoms with Gasteiger partial charge in [-0.3, -0.25) is 9.10 Å². The molecule has 6 heteroatoms. The molecule has 3 rings (SSSR count). The Hall–Kier alpha value is -3.12. The predicted molar refractivity (Wildman–Crippen MR) is 135 cm³/mol. The Morgan fingerprint density at radius 3 is 2.18 bits per heavy atom. The number of carbonyl (C=O) groups excluding carboxylic acids is 1. The summed E-state index contributed by atoms with van der Waals surface area (Å²) in [5.41, 5.74) is 5.78. The Labute approximate surface area is 197 Å². The monoisotopic (exact) mass is 464 g/mol. The molecule has 0 saturated carbocycles. The average molecular weight is 465 g/mol. The molecule has 0 aliphatic rings. The minimum absolute atomic E-state index is 0.110. The Balaban J connectivity index is 1.73. The first-order valence-electron chi connectivity index (χ1n) is 11.1. The van der Waals surface area contributed by atoms with Crippen LogP contribution in [0.25, 0.3) is 0 Å². The van der Waals surface area contributed by atoms with Crippen LogP contribution in [-0.2, 0) is 14.8 Å². The van der Waals surface area contributed by atoms with Crippen LogP contribution < -0.4 is 9.62 Å². The number of amides is 1. The fourth-order valence-electron chi connectivity index (χ4n) is 3.98. The summed E-state index contributed by atoms with van der Waals surface area (Å²) in [6, 6.07) is 23.3. The van der Waals surface area contributed by atoms with Crippen LogP contribution in [0.3, 0.4) is 0 Å². The first-order chi connectivity index (χ1) is 15.7. The number of aryl methyl sites for hydroxylation is 2. The Morgan fingerprint density at radius 1 is 0.879 bits per heavy atom. The van der Waals surface area contributed by atoms with Gasteiger partial charge < -0.3 is 5.32 Å². The van der Waals surface area contributed by atoms with E-state index in [1.165, 1.54) is 10.6 Å². The minimum Gasteiger partial charge on any atom is -0.345 e. The van der Waals surface area contributed by atoms with Crippen LogP contribution in [0.1, 0.15) is 46.7 Å². The normalized spacial score (nSPS) is 12.2. The molecule has 33 heavy (non-hydrogen) atoms. The van der Waals surface area contributed by atoms with Crippen LogP contribution in [0.4, 0.5) is 5.69 Å². The molecule has 1 N–H and O–H groups in total.